The Balaban J connectivity index is 1.31. The zero-order valence-electron chi connectivity index (χ0n) is 23.2. The predicted octanol–water partition coefficient (Wildman–Crippen LogP) is 5.71. The number of carbonyl (C=O) groups excluding carboxylic acids is 2. The zero-order chi connectivity index (χ0) is 29.8. The predicted molar refractivity (Wildman–Crippen MR) is 171 cm³/mol. The van der Waals surface area contributed by atoms with Crippen LogP contribution in [-0.2, 0) is 22.7 Å². The smallest absolute Gasteiger partial charge is 0.267 e. The lowest BCUT2D eigenvalue weighted by Gasteiger charge is -2.23. The molecule has 0 atom stereocenters. The molecule has 1 aromatic heterocycles. The molecule has 1 N–H and O–H groups in total. The second kappa shape index (κ2) is 13.4. The number of hydrogen-bond acceptors (Lipinski definition) is 7. The van der Waals surface area contributed by atoms with Crippen LogP contribution >= 0.6 is 46.3 Å². The molecule has 0 aliphatic carbocycles. The molecule has 0 bridgehead atoms. The number of aromatic nitrogens is 1. The molecule has 0 fully saturated rings. The van der Waals surface area contributed by atoms with Crippen molar-refractivity contribution in [1.82, 2.24) is 5.32 Å². The van der Waals surface area contributed by atoms with Crippen LogP contribution in [0.15, 0.2) is 70.6 Å². The molecule has 0 saturated carbocycles. The lowest BCUT2D eigenvalue weighted by molar-refractivity contribution is -0.672. The molecule has 5 rings (SSSR count). The van der Waals surface area contributed by atoms with Gasteiger partial charge in [0.05, 0.1) is 16.8 Å². The Hall–Kier alpha value is -3.24. The van der Waals surface area contributed by atoms with E-state index in [-0.39, 0.29) is 12.3 Å². The molecule has 1 aliphatic heterocycles. The molecule has 0 unspecified atom stereocenters. The van der Waals surface area contributed by atoms with Crippen LogP contribution in [0.1, 0.15) is 30.8 Å². The molecular formula is C31H30Cl2N4O3S2. The van der Waals surface area contributed by atoms with Crippen molar-refractivity contribution in [1.29, 1.82) is 0 Å². The third kappa shape index (κ3) is 6.86. The number of benzene rings is 3. The van der Waals surface area contributed by atoms with Crippen molar-refractivity contribution in [3.8, 4) is 0 Å². The number of hydrogen-bond donors (Lipinski definition) is 1. The normalized spacial score (nSPS) is 13.5. The minimum atomic E-state index is -1.11. The number of carboxylic acids is 1. The fourth-order valence-corrected chi connectivity index (χ4v) is 7.54. The molecule has 2 heterocycles. The zero-order valence-corrected chi connectivity index (χ0v) is 26.4. The van der Waals surface area contributed by atoms with Gasteiger partial charge in [0.1, 0.15) is 4.70 Å². The van der Waals surface area contributed by atoms with E-state index in [0.29, 0.717) is 41.8 Å². The lowest BCUT2D eigenvalue weighted by Crippen LogP contribution is -2.45. The largest absolute Gasteiger partial charge is 0.550 e. The number of nitrogens with one attached hydrogen (secondary N) is 1. The summed E-state index contributed by atoms with van der Waals surface area (Å²) in [5.41, 5.74) is 3.67. The standard InChI is InChI=1S/C31H30Cl2N4O3S2/c1-3-35(23-9-5-20(6-10-23)15-31(39)40)14-13-28(38)34-19-37-25-17-22(33)8-12-27(25)42-30(37)18-29-36(4-2)24-16-21(32)7-11-26(24)41-29/h5-12,16-18H,3-4,13-15,19H2,1-2H3,(H-,34,38,39,40). The van der Waals surface area contributed by atoms with Crippen LogP contribution in [0.3, 0.4) is 0 Å². The van der Waals surface area contributed by atoms with Crippen molar-refractivity contribution in [2.75, 3.05) is 29.4 Å². The van der Waals surface area contributed by atoms with Gasteiger partial charge in [-0.2, -0.15) is 4.57 Å². The van der Waals surface area contributed by atoms with Gasteiger partial charge in [0.2, 0.25) is 18.1 Å². The van der Waals surface area contributed by atoms with Crippen LogP contribution < -0.4 is 24.8 Å². The average Bonchev–Trinajstić information content (AvgIpc) is 3.48. The minimum absolute atomic E-state index is 0.0676. The average molecular weight is 642 g/mol. The molecule has 7 nitrogen and oxygen atoms in total. The summed E-state index contributed by atoms with van der Waals surface area (Å²) >= 11 is 16.0. The van der Waals surface area contributed by atoms with Crippen LogP contribution in [0.2, 0.25) is 10.0 Å². The number of halogens is 2. The maximum atomic E-state index is 13.0. The monoisotopic (exact) mass is 640 g/mol. The van der Waals surface area contributed by atoms with Crippen molar-refractivity contribution in [3.05, 3.63) is 86.3 Å². The first-order chi connectivity index (χ1) is 20.2. The fourth-order valence-electron chi connectivity index (χ4n) is 4.91. The van der Waals surface area contributed by atoms with E-state index in [0.717, 1.165) is 43.1 Å². The summed E-state index contributed by atoms with van der Waals surface area (Å²) in [6, 6.07) is 19.1. The molecular weight excluding hydrogens is 611 g/mol. The second-order valence-electron chi connectivity index (χ2n) is 9.72. The number of amides is 1. The summed E-state index contributed by atoms with van der Waals surface area (Å²) in [5.74, 6) is -1.17. The van der Waals surface area contributed by atoms with Crippen LogP contribution in [0.5, 0.6) is 0 Å². The van der Waals surface area contributed by atoms with E-state index in [9.17, 15) is 14.7 Å². The van der Waals surface area contributed by atoms with E-state index < -0.39 is 5.97 Å². The summed E-state index contributed by atoms with van der Waals surface area (Å²) in [7, 11) is 0. The first kappa shape index (κ1) is 30.2. The molecule has 0 saturated heterocycles. The van der Waals surface area contributed by atoms with Crippen molar-refractivity contribution in [2.24, 2.45) is 0 Å². The molecule has 0 radical (unpaired) electrons. The molecule has 11 heteroatoms. The van der Waals surface area contributed by atoms with E-state index in [1.54, 1.807) is 35.2 Å². The van der Waals surface area contributed by atoms with Gasteiger partial charge in [-0.15, -0.1) is 0 Å². The second-order valence-corrected chi connectivity index (χ2v) is 12.7. The van der Waals surface area contributed by atoms with Crippen LogP contribution in [0.4, 0.5) is 11.4 Å². The van der Waals surface area contributed by atoms with Gasteiger partial charge in [0, 0.05) is 65.1 Å². The number of carboxylic acid groups (broad SMARTS) is 1. The molecule has 218 valence electrons. The molecule has 4 aromatic rings. The number of rotatable bonds is 11. The van der Waals surface area contributed by atoms with E-state index in [1.807, 2.05) is 55.5 Å². The number of nitrogens with zero attached hydrogens (tertiary/aromatic N) is 3. The summed E-state index contributed by atoms with van der Waals surface area (Å²) < 4.78 is 3.17. The van der Waals surface area contributed by atoms with Gasteiger partial charge in [0.15, 0.2) is 0 Å². The Kier molecular flexibility index (Phi) is 9.63. The minimum Gasteiger partial charge on any atom is -0.550 e. The number of fused-ring (bicyclic) bond motifs is 2. The van der Waals surface area contributed by atoms with Gasteiger partial charge in [0.25, 0.3) is 5.01 Å². The Bertz CT molecular complexity index is 1660. The number of anilines is 2. The van der Waals surface area contributed by atoms with Gasteiger partial charge in [-0.3, -0.25) is 4.79 Å². The van der Waals surface area contributed by atoms with E-state index >= 15 is 0 Å². The van der Waals surface area contributed by atoms with E-state index in [2.05, 4.69) is 32.7 Å². The highest BCUT2D eigenvalue weighted by molar-refractivity contribution is 8.03. The van der Waals surface area contributed by atoms with Gasteiger partial charge in [-0.05, 0) is 61.9 Å². The Labute approximate surface area is 263 Å². The summed E-state index contributed by atoms with van der Waals surface area (Å²) in [5, 5.41) is 17.4. The van der Waals surface area contributed by atoms with Crippen molar-refractivity contribution in [2.45, 2.75) is 38.3 Å². The van der Waals surface area contributed by atoms with Crippen LogP contribution in [-0.4, -0.2) is 31.5 Å². The van der Waals surface area contributed by atoms with Crippen LogP contribution in [0, 0.1) is 0 Å². The maximum Gasteiger partial charge on any atom is 0.267 e. The highest BCUT2D eigenvalue weighted by Gasteiger charge is 2.27. The Morgan fingerprint density at radius 1 is 1.05 bits per heavy atom. The van der Waals surface area contributed by atoms with Gasteiger partial charge in [-0.1, -0.05) is 58.4 Å². The van der Waals surface area contributed by atoms with Gasteiger partial charge < -0.3 is 25.0 Å². The SMILES string of the molecule is CCN(CCC(=O)NC[n+]1c(/C=C2\Sc3ccc(Cl)cc3N2CC)sc2ccc(Cl)cc21)c1ccc(CC(=O)[O-])cc1. The van der Waals surface area contributed by atoms with Gasteiger partial charge >= 0.3 is 0 Å². The maximum absolute atomic E-state index is 13.0. The Morgan fingerprint density at radius 3 is 2.50 bits per heavy atom. The molecule has 1 amide bonds. The molecule has 42 heavy (non-hydrogen) atoms. The first-order valence-electron chi connectivity index (χ1n) is 13.6. The highest BCUT2D eigenvalue weighted by atomic mass is 35.5. The highest BCUT2D eigenvalue weighted by Crippen LogP contribution is 2.47. The third-order valence-corrected chi connectivity index (χ3v) is 9.72. The lowest BCUT2D eigenvalue weighted by atomic mass is 10.1. The Morgan fingerprint density at radius 2 is 1.79 bits per heavy atom. The molecule has 3 aromatic carbocycles. The van der Waals surface area contributed by atoms with E-state index in [1.165, 1.54) is 0 Å². The molecule has 0 spiro atoms. The summed E-state index contributed by atoms with van der Waals surface area (Å²) in [6.07, 6.45) is 2.35. The third-order valence-electron chi connectivity index (χ3n) is 7.02. The summed E-state index contributed by atoms with van der Waals surface area (Å²) in [6.45, 7) is 6.49. The topological polar surface area (TPSA) is 79.6 Å². The quantitative estimate of drug-likeness (QED) is 0.212. The fraction of sp³-hybridized carbons (Fsp3) is 0.258. The van der Waals surface area contributed by atoms with Crippen molar-refractivity contribution in [3.63, 3.8) is 0 Å². The van der Waals surface area contributed by atoms with Crippen molar-refractivity contribution >= 4 is 85.8 Å². The number of carbonyl (C=O) groups is 2. The van der Waals surface area contributed by atoms with Gasteiger partial charge in [-0.25, -0.2) is 0 Å². The van der Waals surface area contributed by atoms with Crippen molar-refractivity contribution < 1.29 is 19.3 Å². The van der Waals surface area contributed by atoms with Crippen LogP contribution in [0.25, 0.3) is 16.3 Å². The van der Waals surface area contributed by atoms with E-state index in [4.69, 9.17) is 23.2 Å². The number of thioether (sulfide) groups is 1. The summed E-state index contributed by atoms with van der Waals surface area (Å²) in [4.78, 5) is 29.4. The molecule has 1 aliphatic rings. The number of thiazole rings is 1. The number of aliphatic carboxylic acids is 1. The first-order valence-corrected chi connectivity index (χ1v) is 16.0.